The summed E-state index contributed by atoms with van der Waals surface area (Å²) < 4.78 is 1.76. The lowest BCUT2D eigenvalue weighted by molar-refractivity contribution is -0.125. The van der Waals surface area contributed by atoms with Gasteiger partial charge in [-0.25, -0.2) is 4.98 Å². The Hall–Kier alpha value is -2.18. The molecular formula is C17H26N6O. The van der Waals surface area contributed by atoms with Crippen LogP contribution in [0.2, 0.25) is 0 Å². The fourth-order valence-corrected chi connectivity index (χ4v) is 3.40. The number of hydrogen-bond donors (Lipinski definition) is 1. The number of nitrogens with one attached hydrogen (secondary N) is 1. The van der Waals surface area contributed by atoms with E-state index in [0.29, 0.717) is 12.3 Å². The maximum atomic E-state index is 12.6. The van der Waals surface area contributed by atoms with Gasteiger partial charge in [0.15, 0.2) is 0 Å². The number of carbonyl (C=O) groups excluding carboxylic acids is 1. The Morgan fingerprint density at radius 1 is 1.50 bits per heavy atom. The van der Waals surface area contributed by atoms with Gasteiger partial charge >= 0.3 is 0 Å². The Balaban J connectivity index is 1.75. The molecule has 2 aromatic heterocycles. The van der Waals surface area contributed by atoms with Gasteiger partial charge in [-0.15, -0.1) is 0 Å². The maximum absolute atomic E-state index is 12.6. The summed E-state index contributed by atoms with van der Waals surface area (Å²) in [5.41, 5.74) is 0.911. The normalized spacial score (nSPS) is 19.5. The third kappa shape index (κ3) is 3.49. The first-order valence-electron chi connectivity index (χ1n) is 8.81. The number of anilines is 1. The van der Waals surface area contributed by atoms with Gasteiger partial charge in [0.05, 0.1) is 5.92 Å². The first-order valence-corrected chi connectivity index (χ1v) is 8.81. The minimum Gasteiger partial charge on any atom is -0.356 e. The highest BCUT2D eigenvalue weighted by Crippen LogP contribution is 2.24. The molecule has 0 saturated carbocycles. The molecular weight excluding hydrogens is 304 g/mol. The number of hydrogen-bond acceptors (Lipinski definition) is 5. The van der Waals surface area contributed by atoms with Crippen LogP contribution >= 0.6 is 0 Å². The van der Waals surface area contributed by atoms with Gasteiger partial charge in [0, 0.05) is 30.9 Å². The first kappa shape index (κ1) is 16.7. The lowest BCUT2D eigenvalue weighted by Crippen LogP contribution is -2.45. The van der Waals surface area contributed by atoms with Crippen molar-refractivity contribution in [3.05, 3.63) is 18.1 Å². The Morgan fingerprint density at radius 3 is 3.12 bits per heavy atom. The summed E-state index contributed by atoms with van der Waals surface area (Å²) in [4.78, 5) is 23.4. The molecule has 2 atom stereocenters. The van der Waals surface area contributed by atoms with Crippen molar-refractivity contribution >= 4 is 17.5 Å². The zero-order valence-corrected chi connectivity index (χ0v) is 14.7. The lowest BCUT2D eigenvalue weighted by Gasteiger charge is -2.34. The first-order chi connectivity index (χ1) is 11.6. The maximum Gasteiger partial charge on any atom is 0.254 e. The number of piperidine rings is 1. The standard InChI is InChI=1S/C17H26N6O/c1-4-6-12(2)20-16(24)14-7-5-8-22(10-14)15-9-13(3)21-17-18-11-19-23(15)17/h9,11-12,14H,4-8,10H2,1-3H3,(H,20,24)/t12-,14+/m1/s1. The summed E-state index contributed by atoms with van der Waals surface area (Å²) in [5.74, 6) is 1.76. The highest BCUT2D eigenvalue weighted by Gasteiger charge is 2.28. The van der Waals surface area contributed by atoms with Crippen LogP contribution in [0.25, 0.3) is 5.78 Å². The van der Waals surface area contributed by atoms with Crippen molar-refractivity contribution in [3.63, 3.8) is 0 Å². The van der Waals surface area contributed by atoms with Gasteiger partial charge in [-0.2, -0.15) is 14.6 Å². The van der Waals surface area contributed by atoms with E-state index >= 15 is 0 Å². The highest BCUT2D eigenvalue weighted by molar-refractivity contribution is 5.79. The third-order valence-electron chi connectivity index (χ3n) is 4.59. The quantitative estimate of drug-likeness (QED) is 0.907. The second-order valence-electron chi connectivity index (χ2n) is 6.71. The van der Waals surface area contributed by atoms with Crippen LogP contribution in [0.3, 0.4) is 0 Å². The van der Waals surface area contributed by atoms with Crippen molar-refractivity contribution in [1.82, 2.24) is 24.9 Å². The van der Waals surface area contributed by atoms with E-state index in [2.05, 4.69) is 39.1 Å². The second-order valence-corrected chi connectivity index (χ2v) is 6.71. The van der Waals surface area contributed by atoms with Gasteiger partial charge in [-0.05, 0) is 33.1 Å². The molecule has 1 N–H and O–H groups in total. The van der Waals surface area contributed by atoms with E-state index in [1.807, 2.05) is 13.0 Å². The van der Waals surface area contributed by atoms with Crippen molar-refractivity contribution in [2.45, 2.75) is 52.5 Å². The summed E-state index contributed by atoms with van der Waals surface area (Å²) in [6, 6.07) is 2.25. The predicted octanol–water partition coefficient (Wildman–Crippen LogP) is 1.95. The van der Waals surface area contributed by atoms with E-state index in [-0.39, 0.29) is 17.9 Å². The van der Waals surface area contributed by atoms with Crippen LogP contribution in [-0.4, -0.2) is 44.6 Å². The molecule has 0 aromatic carbocycles. The molecule has 0 unspecified atom stereocenters. The zero-order valence-electron chi connectivity index (χ0n) is 14.7. The van der Waals surface area contributed by atoms with Crippen LogP contribution in [0.15, 0.2) is 12.4 Å². The molecule has 3 heterocycles. The number of aromatic nitrogens is 4. The minimum absolute atomic E-state index is 0.0186. The molecule has 7 nitrogen and oxygen atoms in total. The number of fused-ring (bicyclic) bond motifs is 1. The molecule has 24 heavy (non-hydrogen) atoms. The number of amides is 1. The fourth-order valence-electron chi connectivity index (χ4n) is 3.40. The summed E-state index contributed by atoms with van der Waals surface area (Å²) >= 11 is 0. The molecule has 2 aromatic rings. The number of carbonyl (C=O) groups is 1. The Labute approximate surface area is 142 Å². The van der Waals surface area contributed by atoms with Crippen LogP contribution in [0.5, 0.6) is 0 Å². The average molecular weight is 330 g/mol. The van der Waals surface area contributed by atoms with Gasteiger partial charge in [0.2, 0.25) is 5.91 Å². The van der Waals surface area contributed by atoms with Gasteiger partial charge in [-0.3, -0.25) is 4.79 Å². The summed E-state index contributed by atoms with van der Waals surface area (Å²) in [5, 5.41) is 7.43. The van der Waals surface area contributed by atoms with E-state index in [4.69, 9.17) is 0 Å². The van der Waals surface area contributed by atoms with Crippen molar-refractivity contribution < 1.29 is 4.79 Å². The molecule has 0 spiro atoms. The van der Waals surface area contributed by atoms with Crippen LogP contribution in [0.1, 0.15) is 45.2 Å². The monoisotopic (exact) mass is 330 g/mol. The molecule has 0 aliphatic carbocycles. The Morgan fingerprint density at radius 2 is 2.33 bits per heavy atom. The molecule has 3 rings (SSSR count). The van der Waals surface area contributed by atoms with E-state index in [1.54, 1.807) is 4.52 Å². The Bertz CT molecular complexity index is 712. The van der Waals surface area contributed by atoms with Crippen molar-refractivity contribution in [2.24, 2.45) is 5.92 Å². The Kier molecular flexibility index (Phi) is 4.97. The summed E-state index contributed by atoms with van der Waals surface area (Å²) in [6.07, 6.45) is 5.56. The molecule has 130 valence electrons. The second kappa shape index (κ2) is 7.15. The van der Waals surface area contributed by atoms with Gasteiger partial charge in [0.1, 0.15) is 12.1 Å². The highest BCUT2D eigenvalue weighted by atomic mass is 16.2. The lowest BCUT2D eigenvalue weighted by atomic mass is 9.96. The van der Waals surface area contributed by atoms with E-state index in [9.17, 15) is 4.79 Å². The minimum atomic E-state index is 0.0186. The van der Waals surface area contributed by atoms with Gasteiger partial charge in [-0.1, -0.05) is 13.3 Å². The van der Waals surface area contributed by atoms with Crippen molar-refractivity contribution in [1.29, 1.82) is 0 Å². The third-order valence-corrected chi connectivity index (χ3v) is 4.59. The smallest absolute Gasteiger partial charge is 0.254 e. The zero-order chi connectivity index (χ0) is 17.1. The number of nitrogens with zero attached hydrogens (tertiary/aromatic N) is 5. The molecule has 1 fully saturated rings. The average Bonchev–Trinajstić information content (AvgIpc) is 3.02. The molecule has 1 aliphatic heterocycles. The van der Waals surface area contributed by atoms with Gasteiger partial charge in [0.25, 0.3) is 5.78 Å². The van der Waals surface area contributed by atoms with E-state index < -0.39 is 0 Å². The predicted molar refractivity (Wildman–Crippen MR) is 93.0 cm³/mol. The summed E-state index contributed by atoms with van der Waals surface area (Å²) in [7, 11) is 0. The molecule has 1 aliphatic rings. The number of aryl methyl sites for hydroxylation is 1. The van der Waals surface area contributed by atoms with Crippen molar-refractivity contribution in [3.8, 4) is 0 Å². The van der Waals surface area contributed by atoms with Crippen LogP contribution in [-0.2, 0) is 4.79 Å². The molecule has 7 heteroatoms. The fraction of sp³-hybridized carbons (Fsp3) is 0.647. The van der Waals surface area contributed by atoms with Crippen LogP contribution in [0, 0.1) is 12.8 Å². The van der Waals surface area contributed by atoms with Crippen LogP contribution in [0.4, 0.5) is 5.82 Å². The molecule has 0 bridgehead atoms. The van der Waals surface area contributed by atoms with Crippen molar-refractivity contribution in [2.75, 3.05) is 18.0 Å². The molecule has 0 radical (unpaired) electrons. The SMILES string of the molecule is CCC[C@@H](C)NC(=O)[C@H]1CCCN(c2cc(C)nc3ncnn23)C1. The molecule has 1 saturated heterocycles. The molecule has 1 amide bonds. The topological polar surface area (TPSA) is 75.4 Å². The summed E-state index contributed by atoms with van der Waals surface area (Å²) in [6.45, 7) is 7.81. The number of rotatable bonds is 5. The van der Waals surface area contributed by atoms with Gasteiger partial charge < -0.3 is 10.2 Å². The van der Waals surface area contributed by atoms with E-state index in [1.165, 1.54) is 6.33 Å². The van der Waals surface area contributed by atoms with Crippen LogP contribution < -0.4 is 10.2 Å². The van der Waals surface area contributed by atoms with E-state index in [0.717, 1.165) is 43.7 Å². The largest absolute Gasteiger partial charge is 0.356 e.